The number of carbonyl (C=O) groups is 1. The molecule has 21 heavy (non-hydrogen) atoms. The summed E-state index contributed by atoms with van der Waals surface area (Å²) in [5.41, 5.74) is 1.14. The molecule has 0 amide bonds. The molecule has 2 rings (SSSR count). The second-order valence-corrected chi connectivity index (χ2v) is 4.45. The van der Waals surface area contributed by atoms with E-state index in [9.17, 15) is 9.90 Å². The van der Waals surface area contributed by atoms with Crippen molar-refractivity contribution in [3.05, 3.63) is 18.1 Å². The molecule has 0 saturated heterocycles. The highest BCUT2D eigenvalue weighted by Crippen LogP contribution is 2.22. The summed E-state index contributed by atoms with van der Waals surface area (Å²) >= 11 is 0. The van der Waals surface area contributed by atoms with E-state index in [1.807, 2.05) is 13.8 Å². The molecule has 0 fully saturated rings. The van der Waals surface area contributed by atoms with Gasteiger partial charge in [0.15, 0.2) is 5.69 Å². The third-order valence-electron chi connectivity index (χ3n) is 3.03. The Kier molecular flexibility index (Phi) is 5.04. The van der Waals surface area contributed by atoms with Gasteiger partial charge in [-0.15, -0.1) is 5.10 Å². The van der Waals surface area contributed by atoms with Gasteiger partial charge in [-0.1, -0.05) is 5.21 Å². The topological polar surface area (TPSA) is 95.1 Å². The van der Waals surface area contributed by atoms with Gasteiger partial charge >= 0.3 is 5.97 Å². The van der Waals surface area contributed by atoms with Crippen LogP contribution >= 0.6 is 0 Å². The Morgan fingerprint density at radius 3 is 2.86 bits per heavy atom. The lowest BCUT2D eigenvalue weighted by molar-refractivity contribution is 0.0691. The molecular weight excluding hydrogens is 274 g/mol. The van der Waals surface area contributed by atoms with Crippen molar-refractivity contribution in [1.82, 2.24) is 24.8 Å². The smallest absolute Gasteiger partial charge is 0.358 e. The van der Waals surface area contributed by atoms with E-state index in [1.54, 1.807) is 21.8 Å². The molecule has 8 heteroatoms. The van der Waals surface area contributed by atoms with Gasteiger partial charge in [0.1, 0.15) is 5.69 Å². The van der Waals surface area contributed by atoms with Crippen molar-refractivity contribution in [2.24, 2.45) is 0 Å². The molecule has 0 aliphatic carbocycles. The first-order valence-corrected chi connectivity index (χ1v) is 6.94. The van der Waals surface area contributed by atoms with E-state index >= 15 is 0 Å². The molecule has 2 heterocycles. The van der Waals surface area contributed by atoms with Gasteiger partial charge in [-0.05, 0) is 20.3 Å². The number of rotatable bonds is 8. The summed E-state index contributed by atoms with van der Waals surface area (Å²) in [6, 6.07) is 0. The Hall–Kier alpha value is -2.22. The largest absolute Gasteiger partial charge is 0.476 e. The number of aromatic carboxylic acids is 1. The minimum absolute atomic E-state index is 0.0536. The van der Waals surface area contributed by atoms with Gasteiger partial charge in [-0.3, -0.25) is 4.68 Å². The van der Waals surface area contributed by atoms with E-state index in [0.29, 0.717) is 37.6 Å². The number of carboxylic acids is 1. The molecule has 1 N–H and O–H groups in total. The zero-order chi connectivity index (χ0) is 15.2. The third kappa shape index (κ3) is 3.46. The van der Waals surface area contributed by atoms with Crippen molar-refractivity contribution in [2.45, 2.75) is 33.4 Å². The number of ether oxygens (including phenoxy) is 1. The summed E-state index contributed by atoms with van der Waals surface area (Å²) in [4.78, 5) is 11.3. The van der Waals surface area contributed by atoms with Crippen LogP contribution in [0, 0.1) is 0 Å². The minimum Gasteiger partial charge on any atom is -0.476 e. The standard InChI is InChI=1S/C13H19N5O3/c1-3-17-9-10(8-14-17)12-11(13(19)20)15-16-18(12)6-5-7-21-4-2/h8-9H,3-7H2,1-2H3,(H,19,20). The summed E-state index contributed by atoms with van der Waals surface area (Å²) in [6.07, 6.45) is 4.17. The van der Waals surface area contributed by atoms with Crippen LogP contribution < -0.4 is 0 Å². The SMILES string of the molecule is CCOCCCn1nnc(C(=O)O)c1-c1cnn(CC)c1. The maximum atomic E-state index is 11.3. The van der Waals surface area contributed by atoms with Crippen LogP contribution in [0.5, 0.6) is 0 Å². The summed E-state index contributed by atoms with van der Waals surface area (Å²) in [5.74, 6) is -1.09. The average molecular weight is 293 g/mol. The van der Waals surface area contributed by atoms with Crippen molar-refractivity contribution in [1.29, 1.82) is 0 Å². The summed E-state index contributed by atoms with van der Waals surface area (Å²) < 4.78 is 8.61. The highest BCUT2D eigenvalue weighted by Gasteiger charge is 2.21. The lowest BCUT2D eigenvalue weighted by Crippen LogP contribution is -2.07. The number of hydrogen-bond donors (Lipinski definition) is 1. The summed E-state index contributed by atoms with van der Waals surface area (Å²) in [6.45, 7) is 6.43. The number of hydrogen-bond acceptors (Lipinski definition) is 5. The van der Waals surface area contributed by atoms with Gasteiger partial charge in [0, 0.05) is 38.1 Å². The molecule has 0 aromatic carbocycles. The quantitative estimate of drug-likeness (QED) is 0.737. The summed E-state index contributed by atoms with van der Waals surface area (Å²) in [7, 11) is 0. The lowest BCUT2D eigenvalue weighted by Gasteiger charge is -2.05. The van der Waals surface area contributed by atoms with Crippen molar-refractivity contribution in [3.63, 3.8) is 0 Å². The lowest BCUT2D eigenvalue weighted by atomic mass is 10.2. The molecule has 0 spiro atoms. The maximum Gasteiger partial charge on any atom is 0.358 e. The van der Waals surface area contributed by atoms with Crippen molar-refractivity contribution in [2.75, 3.05) is 13.2 Å². The molecule has 2 aromatic rings. The molecule has 2 aromatic heterocycles. The first-order chi connectivity index (χ1) is 10.2. The van der Waals surface area contributed by atoms with Crippen molar-refractivity contribution < 1.29 is 14.6 Å². The molecule has 0 aliphatic rings. The molecule has 0 saturated carbocycles. The third-order valence-corrected chi connectivity index (χ3v) is 3.03. The van der Waals surface area contributed by atoms with Gasteiger partial charge in [-0.25, -0.2) is 9.48 Å². The monoisotopic (exact) mass is 293 g/mol. The highest BCUT2D eigenvalue weighted by atomic mass is 16.5. The van der Waals surface area contributed by atoms with E-state index in [1.165, 1.54) is 0 Å². The Morgan fingerprint density at radius 1 is 1.43 bits per heavy atom. The summed E-state index contributed by atoms with van der Waals surface area (Å²) in [5, 5.41) is 21.1. The fourth-order valence-corrected chi connectivity index (χ4v) is 2.02. The van der Waals surface area contributed by atoms with E-state index in [-0.39, 0.29) is 5.69 Å². The van der Waals surface area contributed by atoms with Crippen LogP contribution in [0.4, 0.5) is 0 Å². The number of aryl methyl sites for hydroxylation is 2. The van der Waals surface area contributed by atoms with Gasteiger partial charge in [0.2, 0.25) is 0 Å². The highest BCUT2D eigenvalue weighted by molar-refractivity contribution is 5.92. The number of nitrogens with zero attached hydrogens (tertiary/aromatic N) is 5. The average Bonchev–Trinajstić information content (AvgIpc) is 3.09. The molecular formula is C13H19N5O3. The van der Waals surface area contributed by atoms with Crippen LogP contribution in [0.3, 0.4) is 0 Å². The predicted molar refractivity (Wildman–Crippen MR) is 75.0 cm³/mol. The van der Waals surface area contributed by atoms with Crippen LogP contribution in [0.25, 0.3) is 11.3 Å². The molecule has 0 atom stereocenters. The second-order valence-electron chi connectivity index (χ2n) is 4.45. The molecule has 8 nitrogen and oxygen atoms in total. The molecule has 0 bridgehead atoms. The van der Waals surface area contributed by atoms with Crippen LogP contribution in [0.15, 0.2) is 12.4 Å². The normalized spacial score (nSPS) is 11.0. The Labute approximate surface area is 122 Å². The van der Waals surface area contributed by atoms with Gasteiger partial charge in [-0.2, -0.15) is 5.10 Å². The van der Waals surface area contributed by atoms with E-state index in [2.05, 4.69) is 15.4 Å². The van der Waals surface area contributed by atoms with E-state index in [4.69, 9.17) is 4.74 Å². The van der Waals surface area contributed by atoms with E-state index in [0.717, 1.165) is 6.42 Å². The first kappa shape index (κ1) is 15.2. The molecule has 0 unspecified atom stereocenters. The van der Waals surface area contributed by atoms with Gasteiger partial charge in [0.05, 0.1) is 6.20 Å². The zero-order valence-corrected chi connectivity index (χ0v) is 12.2. The Bertz CT molecular complexity index is 605. The van der Waals surface area contributed by atoms with Crippen LogP contribution in [0.2, 0.25) is 0 Å². The number of aromatic nitrogens is 5. The Balaban J connectivity index is 2.26. The van der Waals surface area contributed by atoms with Crippen LogP contribution in [-0.4, -0.2) is 49.1 Å². The first-order valence-electron chi connectivity index (χ1n) is 6.94. The van der Waals surface area contributed by atoms with Crippen LogP contribution in [-0.2, 0) is 17.8 Å². The van der Waals surface area contributed by atoms with Gasteiger partial charge in [0.25, 0.3) is 0 Å². The predicted octanol–water partition coefficient (Wildman–Crippen LogP) is 1.29. The minimum atomic E-state index is -1.09. The molecule has 0 aliphatic heterocycles. The number of carboxylic acid groups (broad SMARTS) is 1. The Morgan fingerprint density at radius 2 is 2.24 bits per heavy atom. The fourth-order valence-electron chi connectivity index (χ4n) is 2.02. The second kappa shape index (κ2) is 6.98. The van der Waals surface area contributed by atoms with Gasteiger partial charge < -0.3 is 9.84 Å². The van der Waals surface area contributed by atoms with Crippen molar-refractivity contribution in [3.8, 4) is 11.3 Å². The molecule has 0 radical (unpaired) electrons. The zero-order valence-electron chi connectivity index (χ0n) is 12.2. The van der Waals surface area contributed by atoms with E-state index < -0.39 is 5.97 Å². The fraction of sp³-hybridized carbons (Fsp3) is 0.538. The van der Waals surface area contributed by atoms with Crippen LogP contribution in [0.1, 0.15) is 30.8 Å². The maximum absolute atomic E-state index is 11.3. The van der Waals surface area contributed by atoms with Crippen molar-refractivity contribution >= 4 is 5.97 Å². The molecule has 114 valence electrons.